The van der Waals surface area contributed by atoms with Crippen LogP contribution >= 0.6 is 12.4 Å². The van der Waals surface area contributed by atoms with Crippen LogP contribution in [0.25, 0.3) is 0 Å². The van der Waals surface area contributed by atoms with Gasteiger partial charge in [-0.3, -0.25) is 4.79 Å². The molecule has 2 unspecified atom stereocenters. The Labute approximate surface area is 126 Å². The van der Waals surface area contributed by atoms with Crippen LogP contribution in [0.4, 0.5) is 0 Å². The van der Waals surface area contributed by atoms with Gasteiger partial charge in [0.2, 0.25) is 5.91 Å². The summed E-state index contributed by atoms with van der Waals surface area (Å²) in [7, 11) is 1.64. The molecule has 2 atom stereocenters. The van der Waals surface area contributed by atoms with E-state index >= 15 is 0 Å². The zero-order valence-electron chi connectivity index (χ0n) is 12.0. The molecule has 1 aromatic rings. The molecule has 1 fully saturated rings. The van der Waals surface area contributed by atoms with Crippen molar-refractivity contribution >= 4 is 18.3 Å². The molecule has 1 heterocycles. The largest absolute Gasteiger partial charge is 0.497 e. The first-order valence-corrected chi connectivity index (χ1v) is 6.85. The zero-order chi connectivity index (χ0) is 13.7. The molecule has 0 aliphatic carbocycles. The molecule has 112 valence electrons. The molecule has 0 radical (unpaired) electrons. The third kappa shape index (κ3) is 4.39. The summed E-state index contributed by atoms with van der Waals surface area (Å²) < 4.78 is 5.19. The van der Waals surface area contributed by atoms with Crippen LogP contribution in [0.3, 0.4) is 0 Å². The summed E-state index contributed by atoms with van der Waals surface area (Å²) in [6.07, 6.45) is 2.18. The van der Waals surface area contributed by atoms with Gasteiger partial charge in [-0.1, -0.05) is 12.1 Å². The molecule has 0 spiro atoms. The Bertz CT molecular complexity index is 434. The van der Waals surface area contributed by atoms with Crippen molar-refractivity contribution in [3.63, 3.8) is 0 Å². The lowest BCUT2D eigenvalue weighted by molar-refractivity contribution is -0.123. The Balaban J connectivity index is 0.00000200. The first kappa shape index (κ1) is 16.8. The van der Waals surface area contributed by atoms with Crippen LogP contribution in [0, 0.1) is 0 Å². The minimum atomic E-state index is -0.156. The van der Waals surface area contributed by atoms with E-state index in [1.165, 1.54) is 0 Å². The van der Waals surface area contributed by atoms with Gasteiger partial charge in [-0.2, -0.15) is 0 Å². The number of benzene rings is 1. The molecule has 2 rings (SSSR count). The Morgan fingerprint density at radius 2 is 2.30 bits per heavy atom. The van der Waals surface area contributed by atoms with Crippen molar-refractivity contribution in [3.05, 3.63) is 29.8 Å². The average molecular weight is 299 g/mol. The molecule has 1 aromatic carbocycles. The van der Waals surface area contributed by atoms with E-state index < -0.39 is 0 Å². The number of halogens is 1. The Kier molecular flexibility index (Phi) is 6.82. The second-order valence-corrected chi connectivity index (χ2v) is 5.05. The van der Waals surface area contributed by atoms with Crippen LogP contribution in [-0.4, -0.2) is 32.1 Å². The number of carbonyl (C=O) groups is 1. The number of ether oxygens (including phenoxy) is 1. The lowest BCUT2D eigenvalue weighted by Gasteiger charge is -2.25. The summed E-state index contributed by atoms with van der Waals surface area (Å²) in [5, 5.41) is 6.41. The maximum atomic E-state index is 12.2. The predicted octanol–water partition coefficient (Wildman–Crippen LogP) is 2.09. The Morgan fingerprint density at radius 3 is 2.95 bits per heavy atom. The van der Waals surface area contributed by atoms with Gasteiger partial charge >= 0.3 is 0 Å². The van der Waals surface area contributed by atoms with E-state index in [2.05, 4.69) is 10.6 Å². The fourth-order valence-corrected chi connectivity index (χ4v) is 2.36. The van der Waals surface area contributed by atoms with Gasteiger partial charge in [-0.25, -0.2) is 0 Å². The highest BCUT2D eigenvalue weighted by molar-refractivity contribution is 5.85. The molecule has 0 aromatic heterocycles. The van der Waals surface area contributed by atoms with E-state index in [0.29, 0.717) is 0 Å². The molecular formula is C15H23ClN2O2. The van der Waals surface area contributed by atoms with E-state index in [0.717, 1.165) is 37.2 Å². The molecule has 20 heavy (non-hydrogen) atoms. The van der Waals surface area contributed by atoms with Crippen molar-refractivity contribution in [2.45, 2.75) is 31.7 Å². The number of rotatable bonds is 4. The Morgan fingerprint density at radius 1 is 1.50 bits per heavy atom. The lowest BCUT2D eigenvalue weighted by atomic mass is 9.99. The molecule has 1 amide bonds. The summed E-state index contributed by atoms with van der Waals surface area (Å²) in [4.78, 5) is 12.2. The summed E-state index contributed by atoms with van der Waals surface area (Å²) in [5.41, 5.74) is 0.987. The summed E-state index contributed by atoms with van der Waals surface area (Å²) >= 11 is 0. The maximum Gasteiger partial charge on any atom is 0.227 e. The van der Waals surface area contributed by atoms with Gasteiger partial charge in [0.1, 0.15) is 5.75 Å². The van der Waals surface area contributed by atoms with Crippen LogP contribution in [-0.2, 0) is 4.79 Å². The summed E-state index contributed by atoms with van der Waals surface area (Å²) in [5.74, 6) is 0.718. The quantitative estimate of drug-likeness (QED) is 0.895. The molecule has 2 N–H and O–H groups in total. The third-order valence-corrected chi connectivity index (χ3v) is 3.63. The van der Waals surface area contributed by atoms with Gasteiger partial charge in [0.25, 0.3) is 0 Å². The number of hydrogen-bond acceptors (Lipinski definition) is 3. The number of amides is 1. The highest BCUT2D eigenvalue weighted by atomic mass is 35.5. The van der Waals surface area contributed by atoms with Crippen LogP contribution < -0.4 is 15.4 Å². The molecular weight excluding hydrogens is 276 g/mol. The van der Waals surface area contributed by atoms with E-state index in [-0.39, 0.29) is 30.3 Å². The second-order valence-electron chi connectivity index (χ2n) is 5.05. The first-order chi connectivity index (χ1) is 9.20. The average Bonchev–Trinajstić information content (AvgIpc) is 2.47. The number of nitrogens with one attached hydrogen (secondary N) is 2. The smallest absolute Gasteiger partial charge is 0.227 e. The standard InChI is InChI=1S/C15H22N2O2.ClH/c1-11(12-5-3-7-14(9-12)19-2)15(18)17-13-6-4-8-16-10-13;/h3,5,7,9,11,13,16H,4,6,8,10H2,1-2H3,(H,17,18);1H. The van der Waals surface area contributed by atoms with Crippen molar-refractivity contribution in [2.75, 3.05) is 20.2 Å². The van der Waals surface area contributed by atoms with Gasteiger partial charge in [-0.05, 0) is 44.0 Å². The topological polar surface area (TPSA) is 50.4 Å². The highest BCUT2D eigenvalue weighted by Crippen LogP contribution is 2.21. The van der Waals surface area contributed by atoms with Crippen molar-refractivity contribution in [2.24, 2.45) is 0 Å². The molecule has 4 nitrogen and oxygen atoms in total. The molecule has 0 saturated carbocycles. The van der Waals surface area contributed by atoms with Gasteiger partial charge in [0.05, 0.1) is 13.0 Å². The van der Waals surface area contributed by atoms with Crippen LogP contribution in [0.5, 0.6) is 5.75 Å². The number of hydrogen-bond donors (Lipinski definition) is 2. The van der Waals surface area contributed by atoms with Gasteiger partial charge < -0.3 is 15.4 Å². The highest BCUT2D eigenvalue weighted by Gasteiger charge is 2.20. The first-order valence-electron chi connectivity index (χ1n) is 6.85. The van der Waals surface area contributed by atoms with Crippen molar-refractivity contribution < 1.29 is 9.53 Å². The summed E-state index contributed by atoms with van der Waals surface area (Å²) in [6, 6.07) is 7.95. The van der Waals surface area contributed by atoms with Crippen LogP contribution in [0.15, 0.2) is 24.3 Å². The van der Waals surface area contributed by atoms with E-state index in [1.807, 2.05) is 31.2 Å². The monoisotopic (exact) mass is 298 g/mol. The third-order valence-electron chi connectivity index (χ3n) is 3.63. The minimum Gasteiger partial charge on any atom is -0.497 e. The van der Waals surface area contributed by atoms with Crippen LogP contribution in [0.1, 0.15) is 31.2 Å². The fourth-order valence-electron chi connectivity index (χ4n) is 2.36. The second kappa shape index (κ2) is 8.12. The molecule has 1 saturated heterocycles. The normalized spacial score (nSPS) is 19.6. The van der Waals surface area contributed by atoms with Gasteiger partial charge in [-0.15, -0.1) is 12.4 Å². The Hall–Kier alpha value is -1.26. The van der Waals surface area contributed by atoms with E-state index in [1.54, 1.807) is 7.11 Å². The fraction of sp³-hybridized carbons (Fsp3) is 0.533. The van der Waals surface area contributed by atoms with Gasteiger partial charge in [0.15, 0.2) is 0 Å². The van der Waals surface area contributed by atoms with Crippen molar-refractivity contribution in [1.82, 2.24) is 10.6 Å². The maximum absolute atomic E-state index is 12.2. The molecule has 1 aliphatic heterocycles. The van der Waals surface area contributed by atoms with E-state index in [9.17, 15) is 4.79 Å². The van der Waals surface area contributed by atoms with Crippen molar-refractivity contribution in [1.29, 1.82) is 0 Å². The van der Waals surface area contributed by atoms with Crippen LogP contribution in [0.2, 0.25) is 0 Å². The SMILES string of the molecule is COc1cccc(C(C)C(=O)NC2CCCNC2)c1.Cl. The van der Waals surface area contributed by atoms with E-state index in [4.69, 9.17) is 4.74 Å². The summed E-state index contributed by atoms with van der Waals surface area (Å²) in [6.45, 7) is 3.86. The molecule has 1 aliphatic rings. The number of carbonyl (C=O) groups excluding carboxylic acids is 1. The van der Waals surface area contributed by atoms with Gasteiger partial charge in [0, 0.05) is 12.6 Å². The van der Waals surface area contributed by atoms with Crippen molar-refractivity contribution in [3.8, 4) is 5.75 Å². The number of piperidine rings is 1. The number of methoxy groups -OCH3 is 1. The predicted molar refractivity (Wildman–Crippen MR) is 82.7 cm³/mol. The zero-order valence-corrected chi connectivity index (χ0v) is 12.8. The molecule has 0 bridgehead atoms. The molecule has 5 heteroatoms. The minimum absolute atomic E-state index is 0. The lowest BCUT2D eigenvalue weighted by Crippen LogP contribution is -2.46.